The van der Waals surface area contributed by atoms with Crippen molar-refractivity contribution in [3.63, 3.8) is 0 Å². The molecule has 0 aromatic heterocycles. The molecular weight excluding hydrogens is 243 g/mol. The highest BCUT2D eigenvalue weighted by atomic mass is 19.4. The van der Waals surface area contributed by atoms with E-state index in [2.05, 4.69) is 0 Å². The molecule has 1 atom stereocenters. The van der Waals surface area contributed by atoms with Gasteiger partial charge in [0.05, 0.1) is 6.07 Å². The highest BCUT2D eigenvalue weighted by Gasteiger charge is 2.40. The van der Waals surface area contributed by atoms with Crippen LogP contribution in [0, 0.1) is 17.2 Å². The second kappa shape index (κ2) is 5.76. The van der Waals surface area contributed by atoms with Crippen LogP contribution in [0.25, 0.3) is 0 Å². The predicted molar refractivity (Wildman–Crippen MR) is 61.2 cm³/mol. The molecule has 18 heavy (non-hydrogen) atoms. The van der Waals surface area contributed by atoms with Crippen LogP contribution >= 0.6 is 0 Å². The van der Waals surface area contributed by atoms with Gasteiger partial charge in [-0.05, 0) is 23.6 Å². The molecule has 1 unspecified atom stereocenters. The van der Waals surface area contributed by atoms with E-state index in [1.165, 1.54) is 6.07 Å². The Kier molecular flexibility index (Phi) is 4.60. The van der Waals surface area contributed by atoms with Crippen LogP contribution in [0.1, 0.15) is 25.3 Å². The van der Waals surface area contributed by atoms with E-state index >= 15 is 0 Å². The van der Waals surface area contributed by atoms with Gasteiger partial charge in [0, 0.05) is 0 Å². The molecule has 0 aliphatic rings. The molecule has 1 rings (SSSR count). The molecule has 2 nitrogen and oxygen atoms in total. The standard InChI is InChI=1S/C13H14F3NO/c1-9(2)10-3-5-12(6-4-10)18-8-11(7-17)13(14,15)16/h3-6,9,11H,8H2,1-2H3. The van der Waals surface area contributed by atoms with Crippen molar-refractivity contribution < 1.29 is 17.9 Å². The van der Waals surface area contributed by atoms with Gasteiger partial charge >= 0.3 is 6.18 Å². The molecular formula is C13H14F3NO. The lowest BCUT2D eigenvalue weighted by Gasteiger charge is -2.14. The smallest absolute Gasteiger partial charge is 0.407 e. The lowest BCUT2D eigenvalue weighted by atomic mass is 10.0. The van der Waals surface area contributed by atoms with Crippen LogP contribution in [-0.4, -0.2) is 12.8 Å². The normalized spacial score (nSPS) is 13.2. The molecule has 0 N–H and O–H groups in total. The minimum atomic E-state index is -4.55. The van der Waals surface area contributed by atoms with E-state index in [1.807, 2.05) is 13.8 Å². The molecule has 0 saturated carbocycles. The number of nitriles is 1. The summed E-state index contributed by atoms with van der Waals surface area (Å²) in [6, 6.07) is 8.02. The Morgan fingerprint density at radius 1 is 1.22 bits per heavy atom. The topological polar surface area (TPSA) is 33.0 Å². The van der Waals surface area contributed by atoms with Crippen molar-refractivity contribution in [1.82, 2.24) is 0 Å². The van der Waals surface area contributed by atoms with Crippen molar-refractivity contribution >= 4 is 0 Å². The van der Waals surface area contributed by atoms with Crippen LogP contribution in [0.2, 0.25) is 0 Å². The zero-order chi connectivity index (χ0) is 13.8. The number of nitrogens with zero attached hydrogens (tertiary/aromatic N) is 1. The van der Waals surface area contributed by atoms with Gasteiger partial charge in [-0.3, -0.25) is 0 Å². The Hall–Kier alpha value is -1.70. The van der Waals surface area contributed by atoms with Crippen LogP contribution in [0.4, 0.5) is 13.2 Å². The number of ether oxygens (including phenoxy) is 1. The average molecular weight is 257 g/mol. The third-order valence-electron chi connectivity index (χ3n) is 2.51. The first-order valence-corrected chi connectivity index (χ1v) is 5.53. The van der Waals surface area contributed by atoms with Crippen LogP contribution < -0.4 is 4.74 Å². The van der Waals surface area contributed by atoms with Gasteiger partial charge in [0.1, 0.15) is 12.4 Å². The Bertz CT molecular complexity index is 417. The molecule has 0 radical (unpaired) electrons. The maximum atomic E-state index is 12.3. The Morgan fingerprint density at radius 2 is 1.78 bits per heavy atom. The zero-order valence-electron chi connectivity index (χ0n) is 10.2. The molecule has 0 spiro atoms. The summed E-state index contributed by atoms with van der Waals surface area (Å²) >= 11 is 0. The first kappa shape index (κ1) is 14.4. The minimum Gasteiger partial charge on any atom is -0.492 e. The minimum absolute atomic E-state index is 0.337. The lowest BCUT2D eigenvalue weighted by molar-refractivity contribution is -0.165. The van der Waals surface area contributed by atoms with E-state index in [0.717, 1.165) is 5.56 Å². The van der Waals surface area contributed by atoms with Crippen LogP contribution in [0.5, 0.6) is 5.75 Å². The largest absolute Gasteiger partial charge is 0.492 e. The molecule has 0 aliphatic heterocycles. The van der Waals surface area contributed by atoms with Crippen molar-refractivity contribution in [1.29, 1.82) is 5.26 Å². The first-order valence-electron chi connectivity index (χ1n) is 5.53. The van der Waals surface area contributed by atoms with Gasteiger partial charge in [-0.2, -0.15) is 18.4 Å². The Morgan fingerprint density at radius 3 is 2.17 bits per heavy atom. The van der Waals surface area contributed by atoms with Gasteiger partial charge in [-0.15, -0.1) is 0 Å². The van der Waals surface area contributed by atoms with Crippen molar-refractivity contribution in [3.8, 4) is 11.8 Å². The predicted octanol–water partition coefficient (Wildman–Crippen LogP) is 3.89. The van der Waals surface area contributed by atoms with Crippen molar-refractivity contribution in [2.75, 3.05) is 6.61 Å². The van der Waals surface area contributed by atoms with Gasteiger partial charge in [0.15, 0.2) is 5.92 Å². The molecule has 5 heteroatoms. The number of alkyl halides is 3. The quantitative estimate of drug-likeness (QED) is 0.819. The highest BCUT2D eigenvalue weighted by Crippen LogP contribution is 2.26. The van der Waals surface area contributed by atoms with E-state index in [0.29, 0.717) is 11.7 Å². The molecule has 1 aromatic carbocycles. The van der Waals surface area contributed by atoms with Crippen LogP contribution in [-0.2, 0) is 0 Å². The molecule has 0 heterocycles. The van der Waals surface area contributed by atoms with Crippen LogP contribution in [0.15, 0.2) is 24.3 Å². The third-order valence-corrected chi connectivity index (χ3v) is 2.51. The van der Waals surface area contributed by atoms with Gasteiger partial charge in [0.25, 0.3) is 0 Å². The maximum Gasteiger partial charge on any atom is 0.407 e. The Labute approximate surface area is 104 Å². The summed E-state index contributed by atoms with van der Waals surface area (Å²) in [5, 5.41) is 8.41. The second-order valence-electron chi connectivity index (χ2n) is 4.26. The third kappa shape index (κ3) is 3.95. The van der Waals surface area contributed by atoms with Gasteiger partial charge in [-0.1, -0.05) is 26.0 Å². The molecule has 0 aliphatic carbocycles. The van der Waals surface area contributed by atoms with Gasteiger partial charge in [-0.25, -0.2) is 0 Å². The monoisotopic (exact) mass is 257 g/mol. The van der Waals surface area contributed by atoms with Crippen molar-refractivity contribution in [2.45, 2.75) is 25.9 Å². The Balaban J connectivity index is 2.61. The molecule has 1 aromatic rings. The summed E-state index contributed by atoms with van der Waals surface area (Å²) in [6.07, 6.45) is -4.55. The fraction of sp³-hybridized carbons (Fsp3) is 0.462. The summed E-state index contributed by atoms with van der Waals surface area (Å²) < 4.78 is 41.8. The number of rotatable bonds is 4. The highest BCUT2D eigenvalue weighted by molar-refractivity contribution is 5.28. The SMILES string of the molecule is CC(C)c1ccc(OCC(C#N)C(F)(F)F)cc1. The molecule has 0 saturated heterocycles. The summed E-state index contributed by atoms with van der Waals surface area (Å²) in [6.45, 7) is 3.36. The van der Waals surface area contributed by atoms with Crippen molar-refractivity contribution in [3.05, 3.63) is 29.8 Å². The average Bonchev–Trinajstić information content (AvgIpc) is 2.28. The van der Waals surface area contributed by atoms with E-state index in [9.17, 15) is 13.2 Å². The number of halogens is 3. The van der Waals surface area contributed by atoms with Crippen LogP contribution in [0.3, 0.4) is 0 Å². The molecule has 0 amide bonds. The first-order chi connectivity index (χ1) is 8.34. The number of benzene rings is 1. The fourth-order valence-corrected chi connectivity index (χ4v) is 1.33. The summed E-state index contributed by atoms with van der Waals surface area (Å²) in [7, 11) is 0. The maximum absolute atomic E-state index is 12.3. The molecule has 0 fully saturated rings. The molecule has 0 bridgehead atoms. The van der Waals surface area contributed by atoms with E-state index in [-0.39, 0.29) is 0 Å². The zero-order valence-corrected chi connectivity index (χ0v) is 10.2. The lowest BCUT2D eigenvalue weighted by Crippen LogP contribution is -2.27. The number of hydrogen-bond acceptors (Lipinski definition) is 2. The van der Waals surface area contributed by atoms with E-state index in [1.54, 1.807) is 24.3 Å². The second-order valence-corrected chi connectivity index (χ2v) is 4.26. The van der Waals surface area contributed by atoms with Crippen molar-refractivity contribution in [2.24, 2.45) is 5.92 Å². The number of hydrogen-bond donors (Lipinski definition) is 0. The fourth-order valence-electron chi connectivity index (χ4n) is 1.33. The van der Waals surface area contributed by atoms with Gasteiger partial charge in [0.2, 0.25) is 0 Å². The van der Waals surface area contributed by atoms with E-state index in [4.69, 9.17) is 10.00 Å². The van der Waals surface area contributed by atoms with E-state index < -0.39 is 18.7 Å². The van der Waals surface area contributed by atoms with Gasteiger partial charge < -0.3 is 4.74 Å². The summed E-state index contributed by atoms with van der Waals surface area (Å²) in [4.78, 5) is 0. The summed E-state index contributed by atoms with van der Waals surface area (Å²) in [5.74, 6) is -1.41. The molecule has 98 valence electrons. The summed E-state index contributed by atoms with van der Waals surface area (Å²) in [5.41, 5.74) is 1.08.